The molecule has 2 aliphatic carbocycles. The predicted molar refractivity (Wildman–Crippen MR) is 114 cm³/mol. The van der Waals surface area contributed by atoms with Gasteiger partial charge in [0.25, 0.3) is 0 Å². The number of nitrogens with one attached hydrogen (secondary N) is 1. The Kier molecular flexibility index (Phi) is 5.85. The molecule has 1 N–H and O–H groups in total. The minimum atomic E-state index is -3.84. The van der Waals surface area contributed by atoms with E-state index >= 15 is 0 Å². The Morgan fingerprint density at radius 3 is 2.45 bits per heavy atom. The molecule has 2 aliphatic rings. The van der Waals surface area contributed by atoms with Crippen molar-refractivity contribution >= 4 is 21.8 Å². The van der Waals surface area contributed by atoms with Gasteiger partial charge in [-0.2, -0.15) is 0 Å². The second-order valence-corrected chi connectivity index (χ2v) is 9.69. The summed E-state index contributed by atoms with van der Waals surface area (Å²) in [5.41, 5.74) is 2.96. The third-order valence-corrected chi connectivity index (χ3v) is 7.17. The van der Waals surface area contributed by atoms with Gasteiger partial charge in [-0.05, 0) is 74.4 Å². The molecule has 0 saturated heterocycles. The molecule has 164 valence electrons. The quantitative estimate of drug-likeness (QED) is 0.497. The van der Waals surface area contributed by atoms with Crippen LogP contribution in [-0.4, -0.2) is 39.4 Å². The van der Waals surface area contributed by atoms with Crippen molar-refractivity contribution in [3.63, 3.8) is 0 Å². The Morgan fingerprint density at radius 2 is 1.74 bits per heavy atom. The van der Waals surface area contributed by atoms with Gasteiger partial charge in [-0.1, -0.05) is 12.1 Å². The van der Waals surface area contributed by atoms with E-state index in [1.165, 1.54) is 37.8 Å². The van der Waals surface area contributed by atoms with Crippen LogP contribution in [0, 0.1) is 0 Å². The Balaban J connectivity index is 1.51. The molecule has 0 bridgehead atoms. The molecule has 0 heterocycles. The van der Waals surface area contributed by atoms with Crippen LogP contribution in [-0.2, 0) is 27.6 Å². The zero-order valence-corrected chi connectivity index (χ0v) is 18.3. The van der Waals surface area contributed by atoms with Gasteiger partial charge in [-0.15, -0.1) is 0 Å². The van der Waals surface area contributed by atoms with E-state index in [4.69, 9.17) is 9.47 Å². The maximum atomic E-state index is 12.8. The summed E-state index contributed by atoms with van der Waals surface area (Å²) in [7, 11) is -2.48. The van der Waals surface area contributed by atoms with Crippen LogP contribution >= 0.6 is 0 Å². The third-order valence-electron chi connectivity index (χ3n) is 5.62. The molecule has 0 aromatic heterocycles. The molecule has 1 unspecified atom stereocenters. The number of sulfonamides is 1. The summed E-state index contributed by atoms with van der Waals surface area (Å²) in [6.45, 7) is 1.52. The molecule has 0 spiro atoms. The molecule has 1 fully saturated rings. The molecule has 1 atom stereocenters. The maximum Gasteiger partial charge on any atom is 0.338 e. The molecule has 31 heavy (non-hydrogen) atoms. The summed E-state index contributed by atoms with van der Waals surface area (Å²) in [5.74, 6) is -0.931. The van der Waals surface area contributed by atoms with Gasteiger partial charge in [0.15, 0.2) is 6.10 Å². The number of hydrogen-bond donors (Lipinski definition) is 1. The van der Waals surface area contributed by atoms with E-state index in [9.17, 15) is 18.0 Å². The van der Waals surface area contributed by atoms with Crippen LogP contribution in [0.15, 0.2) is 41.3 Å². The van der Waals surface area contributed by atoms with Crippen LogP contribution < -0.4 is 9.46 Å². The van der Waals surface area contributed by atoms with Crippen molar-refractivity contribution in [2.45, 2.75) is 56.1 Å². The Labute approximate surface area is 181 Å². The highest BCUT2D eigenvalue weighted by atomic mass is 32.2. The average Bonchev–Trinajstić information content (AvgIpc) is 3.43. The Bertz CT molecular complexity index is 1140. The average molecular weight is 444 g/mol. The number of ketones is 1. The van der Waals surface area contributed by atoms with Crippen LogP contribution in [0.4, 0.5) is 0 Å². The van der Waals surface area contributed by atoms with E-state index in [0.717, 1.165) is 37.7 Å². The largest absolute Gasteiger partial charge is 0.495 e. The summed E-state index contributed by atoms with van der Waals surface area (Å²) in [4.78, 5) is 25.3. The fourth-order valence-electron chi connectivity index (χ4n) is 3.74. The number of methoxy groups -OCH3 is 1. The number of esters is 1. The van der Waals surface area contributed by atoms with Gasteiger partial charge in [0, 0.05) is 11.6 Å². The minimum Gasteiger partial charge on any atom is -0.495 e. The van der Waals surface area contributed by atoms with Crippen LogP contribution in [0.2, 0.25) is 0 Å². The fourth-order valence-corrected chi connectivity index (χ4v) is 5.24. The molecule has 4 rings (SSSR count). The molecule has 8 heteroatoms. The van der Waals surface area contributed by atoms with Gasteiger partial charge in [0.2, 0.25) is 15.8 Å². The van der Waals surface area contributed by atoms with Gasteiger partial charge in [-0.25, -0.2) is 17.9 Å². The Hall–Kier alpha value is -2.71. The smallest absolute Gasteiger partial charge is 0.338 e. The molecule has 2 aromatic carbocycles. The number of carbonyl (C=O) groups is 2. The molecule has 0 radical (unpaired) electrons. The zero-order chi connectivity index (χ0) is 22.2. The monoisotopic (exact) mass is 443 g/mol. The van der Waals surface area contributed by atoms with Gasteiger partial charge in [-0.3, -0.25) is 4.79 Å². The maximum absolute atomic E-state index is 12.8. The molecule has 7 nitrogen and oxygen atoms in total. The number of rotatable bonds is 8. The number of ether oxygens (including phenoxy) is 2. The first-order valence-electron chi connectivity index (χ1n) is 10.4. The number of hydrogen-bond acceptors (Lipinski definition) is 6. The van der Waals surface area contributed by atoms with E-state index in [1.807, 2.05) is 12.1 Å². The standard InChI is InChI=1S/C23H25NO6S/c1-14(22(25)17-7-6-15-4-3-5-16(15)12-17)30-23(26)18-8-11-20(29-2)21(13-18)31(27,28)24-19-9-10-19/h6-8,11-14,19,24H,3-5,9-10H2,1-2H3. The van der Waals surface area contributed by atoms with Crippen molar-refractivity contribution in [3.05, 3.63) is 58.7 Å². The lowest BCUT2D eigenvalue weighted by atomic mass is 10.0. The van der Waals surface area contributed by atoms with Crippen molar-refractivity contribution in [2.75, 3.05) is 7.11 Å². The van der Waals surface area contributed by atoms with E-state index < -0.39 is 22.1 Å². The van der Waals surface area contributed by atoms with Crippen LogP contribution in [0.5, 0.6) is 5.75 Å². The first-order valence-corrected chi connectivity index (χ1v) is 11.8. The molecular formula is C23H25NO6S. The second-order valence-electron chi connectivity index (χ2n) is 8.01. The molecular weight excluding hydrogens is 418 g/mol. The SMILES string of the molecule is COc1ccc(C(=O)OC(C)C(=O)c2ccc3c(c2)CCC3)cc1S(=O)(=O)NC1CC1. The van der Waals surface area contributed by atoms with Gasteiger partial charge >= 0.3 is 5.97 Å². The van der Waals surface area contributed by atoms with Crippen LogP contribution in [0.25, 0.3) is 0 Å². The second kappa shape index (κ2) is 8.43. The predicted octanol–water partition coefficient (Wildman–Crippen LogP) is 3.05. The van der Waals surface area contributed by atoms with E-state index in [1.54, 1.807) is 6.07 Å². The van der Waals surface area contributed by atoms with Crippen LogP contribution in [0.1, 0.15) is 58.0 Å². The topological polar surface area (TPSA) is 98.8 Å². The highest BCUT2D eigenvalue weighted by Gasteiger charge is 2.31. The highest BCUT2D eigenvalue weighted by molar-refractivity contribution is 7.89. The third kappa shape index (κ3) is 4.65. The number of carbonyl (C=O) groups excluding carboxylic acids is 2. The van der Waals surface area contributed by atoms with Gasteiger partial charge in [0.05, 0.1) is 12.7 Å². The first-order chi connectivity index (χ1) is 14.8. The Morgan fingerprint density at radius 1 is 1.03 bits per heavy atom. The lowest BCUT2D eigenvalue weighted by molar-refractivity contribution is 0.0318. The summed E-state index contributed by atoms with van der Waals surface area (Å²) in [6, 6.07) is 9.55. The van der Waals surface area contributed by atoms with Gasteiger partial charge < -0.3 is 9.47 Å². The highest BCUT2D eigenvalue weighted by Crippen LogP contribution is 2.29. The molecule has 0 amide bonds. The summed E-state index contributed by atoms with van der Waals surface area (Å²) < 4.78 is 38.4. The number of aryl methyl sites for hydroxylation is 2. The summed E-state index contributed by atoms with van der Waals surface area (Å²) in [5, 5.41) is 0. The molecule has 2 aromatic rings. The van der Waals surface area contributed by atoms with E-state index in [-0.39, 0.29) is 28.0 Å². The van der Waals surface area contributed by atoms with Crippen molar-refractivity contribution in [1.29, 1.82) is 0 Å². The van der Waals surface area contributed by atoms with Crippen molar-refractivity contribution < 1.29 is 27.5 Å². The van der Waals surface area contributed by atoms with Crippen molar-refractivity contribution in [1.82, 2.24) is 4.72 Å². The van der Waals surface area contributed by atoms with E-state index in [0.29, 0.717) is 5.56 Å². The van der Waals surface area contributed by atoms with Crippen molar-refractivity contribution in [3.8, 4) is 5.75 Å². The lowest BCUT2D eigenvalue weighted by Gasteiger charge is -2.15. The summed E-state index contributed by atoms with van der Waals surface area (Å²) in [6.07, 6.45) is 3.61. The number of fused-ring (bicyclic) bond motifs is 1. The van der Waals surface area contributed by atoms with Gasteiger partial charge in [0.1, 0.15) is 10.6 Å². The first kappa shape index (κ1) is 21.5. The zero-order valence-electron chi connectivity index (χ0n) is 17.5. The number of Topliss-reactive ketones (excluding diaryl/α,β-unsaturated/α-hetero) is 1. The van der Waals surface area contributed by atoms with Crippen molar-refractivity contribution in [2.24, 2.45) is 0 Å². The molecule has 1 saturated carbocycles. The summed E-state index contributed by atoms with van der Waals surface area (Å²) >= 11 is 0. The lowest BCUT2D eigenvalue weighted by Crippen LogP contribution is -2.27. The fraction of sp³-hybridized carbons (Fsp3) is 0.391. The normalized spacial score (nSPS) is 16.5. The van der Waals surface area contributed by atoms with Crippen LogP contribution in [0.3, 0.4) is 0 Å². The number of benzene rings is 2. The van der Waals surface area contributed by atoms with E-state index in [2.05, 4.69) is 4.72 Å². The minimum absolute atomic E-state index is 0.0329. The molecule has 0 aliphatic heterocycles.